The zero-order valence-electron chi connectivity index (χ0n) is 13.9. The molecule has 1 aromatic carbocycles. The van der Waals surface area contributed by atoms with Crippen LogP contribution in [0.3, 0.4) is 0 Å². The molecule has 0 aliphatic rings. The highest BCUT2D eigenvalue weighted by Crippen LogP contribution is 2.30. The molecule has 0 heterocycles. The molecule has 1 rings (SSSR count). The minimum absolute atomic E-state index is 1.15. The fourth-order valence-electron chi connectivity index (χ4n) is 2.50. The summed E-state index contributed by atoms with van der Waals surface area (Å²) in [6, 6.07) is 10.8. The van der Waals surface area contributed by atoms with Crippen molar-refractivity contribution in [3.63, 3.8) is 0 Å². The monoisotopic (exact) mass is 304 g/mol. The number of rotatable bonds is 12. The third kappa shape index (κ3) is 9.79. The third-order valence-corrected chi connectivity index (χ3v) is 4.84. The molecule has 0 aliphatic heterocycles. The van der Waals surface area contributed by atoms with Crippen molar-refractivity contribution in [1.82, 2.24) is 0 Å². The van der Waals surface area contributed by atoms with Crippen molar-refractivity contribution in [3.8, 4) is 0 Å². The van der Waals surface area contributed by atoms with Crippen molar-refractivity contribution in [2.24, 2.45) is 0 Å². The highest BCUT2D eigenvalue weighted by Gasteiger charge is 2.01. The van der Waals surface area contributed by atoms with E-state index in [2.05, 4.69) is 50.3 Å². The van der Waals surface area contributed by atoms with Gasteiger partial charge in [0.05, 0.1) is 0 Å². The molecule has 0 unspecified atom stereocenters. The Hall–Kier alpha value is -0.690. The van der Waals surface area contributed by atoms with Crippen molar-refractivity contribution < 1.29 is 0 Å². The van der Waals surface area contributed by atoms with E-state index in [9.17, 15) is 0 Å². The van der Waals surface area contributed by atoms with Gasteiger partial charge in [-0.1, -0.05) is 94.8 Å². The summed E-state index contributed by atoms with van der Waals surface area (Å²) in [5.74, 6) is 0. The first-order chi connectivity index (χ1) is 10.4. The summed E-state index contributed by atoms with van der Waals surface area (Å²) in [7, 11) is 0. The van der Waals surface area contributed by atoms with Crippen LogP contribution in [0.4, 0.5) is 0 Å². The van der Waals surface area contributed by atoms with Crippen molar-refractivity contribution in [1.29, 1.82) is 0 Å². The summed E-state index contributed by atoms with van der Waals surface area (Å²) in [5.41, 5.74) is 0. The maximum Gasteiger partial charge on any atom is 0.0118 e. The Balaban J connectivity index is 2.16. The number of benzene rings is 1. The molecular weight excluding hydrogens is 272 g/mol. The zero-order chi connectivity index (χ0) is 15.2. The van der Waals surface area contributed by atoms with Gasteiger partial charge in [-0.3, -0.25) is 0 Å². The average molecular weight is 305 g/mol. The van der Waals surface area contributed by atoms with Crippen LogP contribution in [0.5, 0.6) is 0 Å². The molecule has 0 radical (unpaired) electrons. The molecule has 118 valence electrons. The highest BCUT2D eigenvalue weighted by atomic mass is 32.2. The largest absolute Gasteiger partial charge is 0.0949 e. The Bertz CT molecular complexity index is 367. The van der Waals surface area contributed by atoms with E-state index in [1.165, 1.54) is 62.7 Å². The van der Waals surface area contributed by atoms with Gasteiger partial charge in [0, 0.05) is 4.90 Å². The van der Waals surface area contributed by atoms with Gasteiger partial charge in [0.15, 0.2) is 0 Å². The normalized spacial score (nSPS) is 11.8. The lowest BCUT2D eigenvalue weighted by atomic mass is 10.1. The summed E-state index contributed by atoms with van der Waals surface area (Å²) in [6.45, 7) is 4.52. The molecule has 0 saturated heterocycles. The number of thioether (sulfide) groups is 1. The Morgan fingerprint density at radius 2 is 1.48 bits per heavy atom. The van der Waals surface area contributed by atoms with Crippen LogP contribution in [-0.4, -0.2) is 0 Å². The molecule has 1 heteroatoms. The van der Waals surface area contributed by atoms with Gasteiger partial charge >= 0.3 is 0 Å². The second-order valence-corrected chi connectivity index (χ2v) is 6.92. The minimum atomic E-state index is 1.15. The van der Waals surface area contributed by atoms with Gasteiger partial charge in [-0.05, 0) is 36.3 Å². The van der Waals surface area contributed by atoms with E-state index < -0.39 is 0 Å². The number of hydrogen-bond acceptors (Lipinski definition) is 1. The highest BCUT2D eigenvalue weighted by molar-refractivity contribution is 8.03. The maximum atomic E-state index is 2.40. The molecular formula is C20H32S. The summed E-state index contributed by atoms with van der Waals surface area (Å²) < 4.78 is 0. The predicted octanol–water partition coefficient (Wildman–Crippen LogP) is 7.60. The molecule has 0 atom stereocenters. The van der Waals surface area contributed by atoms with Gasteiger partial charge in [0.25, 0.3) is 0 Å². The van der Waals surface area contributed by atoms with Gasteiger partial charge in [-0.2, -0.15) is 0 Å². The molecule has 0 aromatic heterocycles. The summed E-state index contributed by atoms with van der Waals surface area (Å²) in [6.07, 6.45) is 16.0. The van der Waals surface area contributed by atoms with Crippen molar-refractivity contribution >= 4 is 11.8 Å². The van der Waals surface area contributed by atoms with Crippen molar-refractivity contribution in [3.05, 3.63) is 41.3 Å². The molecule has 0 fully saturated rings. The second-order valence-electron chi connectivity index (χ2n) is 5.72. The fourth-order valence-corrected chi connectivity index (χ4v) is 3.59. The summed E-state index contributed by atoms with van der Waals surface area (Å²) in [5, 5.41) is 0. The van der Waals surface area contributed by atoms with Crippen LogP contribution in [0.15, 0.2) is 46.2 Å². The second kappa shape index (κ2) is 13.0. The van der Waals surface area contributed by atoms with Gasteiger partial charge in [-0.25, -0.2) is 0 Å². The van der Waals surface area contributed by atoms with Crippen LogP contribution in [0.2, 0.25) is 0 Å². The molecule has 0 N–H and O–H groups in total. The van der Waals surface area contributed by atoms with E-state index in [1.807, 2.05) is 11.8 Å². The van der Waals surface area contributed by atoms with Crippen molar-refractivity contribution in [2.45, 2.75) is 83.0 Å². The summed E-state index contributed by atoms with van der Waals surface area (Å²) in [4.78, 5) is 2.92. The Morgan fingerprint density at radius 1 is 0.857 bits per heavy atom. The Labute approximate surface area is 136 Å². The van der Waals surface area contributed by atoms with E-state index >= 15 is 0 Å². The van der Waals surface area contributed by atoms with Crippen LogP contribution >= 0.6 is 11.8 Å². The van der Waals surface area contributed by atoms with Gasteiger partial charge < -0.3 is 0 Å². The minimum Gasteiger partial charge on any atom is -0.0949 e. The number of allylic oxidation sites excluding steroid dienone is 2. The van der Waals surface area contributed by atoms with Crippen LogP contribution in [0.25, 0.3) is 0 Å². The lowest BCUT2D eigenvalue weighted by Crippen LogP contribution is -1.84. The standard InChI is InChI=1S/C20H32S/c1-3-5-6-7-8-9-10-12-16-19(15-4-2)21-20-17-13-11-14-18-20/h11,13-15,17-18H,3-10,12,16H2,1-2H3/b19-15+. The lowest BCUT2D eigenvalue weighted by molar-refractivity contribution is 0.577. The topological polar surface area (TPSA) is 0 Å². The Morgan fingerprint density at radius 3 is 2.10 bits per heavy atom. The molecule has 0 bridgehead atoms. The van der Waals surface area contributed by atoms with Gasteiger partial charge in [0.1, 0.15) is 0 Å². The first-order valence-electron chi connectivity index (χ1n) is 8.78. The quantitative estimate of drug-likeness (QED) is 0.283. The Kier molecular flexibility index (Phi) is 11.4. The first kappa shape index (κ1) is 18.4. The number of unbranched alkanes of at least 4 members (excludes halogenated alkanes) is 7. The fraction of sp³-hybridized carbons (Fsp3) is 0.600. The van der Waals surface area contributed by atoms with E-state index in [0.717, 1.165) is 6.42 Å². The summed E-state index contributed by atoms with van der Waals surface area (Å²) >= 11 is 1.95. The van der Waals surface area contributed by atoms with E-state index in [1.54, 1.807) is 4.91 Å². The third-order valence-electron chi connectivity index (χ3n) is 3.70. The van der Waals surface area contributed by atoms with Crippen LogP contribution in [0.1, 0.15) is 78.1 Å². The van der Waals surface area contributed by atoms with Crippen LogP contribution < -0.4 is 0 Å². The molecule has 1 aromatic rings. The first-order valence-corrected chi connectivity index (χ1v) is 9.60. The predicted molar refractivity (Wildman–Crippen MR) is 97.9 cm³/mol. The maximum absolute atomic E-state index is 2.40. The lowest BCUT2D eigenvalue weighted by Gasteiger charge is -2.07. The molecule has 0 saturated carbocycles. The number of hydrogen-bond donors (Lipinski definition) is 0. The van der Waals surface area contributed by atoms with Gasteiger partial charge in [-0.15, -0.1) is 0 Å². The molecule has 0 spiro atoms. The van der Waals surface area contributed by atoms with E-state index in [-0.39, 0.29) is 0 Å². The SMILES string of the molecule is CC/C=C(\CCCCCCCCCC)Sc1ccccc1. The molecule has 21 heavy (non-hydrogen) atoms. The van der Waals surface area contributed by atoms with Gasteiger partial charge in [0.2, 0.25) is 0 Å². The van der Waals surface area contributed by atoms with E-state index in [4.69, 9.17) is 0 Å². The van der Waals surface area contributed by atoms with E-state index in [0.29, 0.717) is 0 Å². The van der Waals surface area contributed by atoms with Crippen molar-refractivity contribution in [2.75, 3.05) is 0 Å². The zero-order valence-corrected chi connectivity index (χ0v) is 14.8. The molecule has 0 nitrogen and oxygen atoms in total. The van der Waals surface area contributed by atoms with Crippen LogP contribution in [-0.2, 0) is 0 Å². The average Bonchev–Trinajstić information content (AvgIpc) is 2.51. The smallest absolute Gasteiger partial charge is 0.0118 e. The molecule has 0 amide bonds. The van der Waals surface area contributed by atoms with Crippen LogP contribution in [0, 0.1) is 0 Å². The molecule has 0 aliphatic carbocycles.